The van der Waals surface area contributed by atoms with Gasteiger partial charge in [-0.05, 0) is 77.8 Å². The number of fused-ring (bicyclic) bond motifs is 1. The van der Waals surface area contributed by atoms with Crippen LogP contribution in [0.1, 0.15) is 34.6 Å². The molecular weight excluding hydrogens is 504 g/mol. The first-order chi connectivity index (χ1) is 19.5. The maximum atomic E-state index is 9.89. The number of aromatic hydroxyl groups is 1. The van der Waals surface area contributed by atoms with Crippen LogP contribution in [0.15, 0.2) is 60.7 Å². The molecule has 1 atom stereocenters. The fraction of sp³-hybridized carbons (Fsp3) is 0.455. The second kappa shape index (κ2) is 14.9. The van der Waals surface area contributed by atoms with E-state index >= 15 is 0 Å². The number of nitrogens with zero attached hydrogens (tertiary/aromatic N) is 2. The Morgan fingerprint density at radius 2 is 1.50 bits per heavy atom. The number of phenolic OH excluding ortho intramolecular Hbond substituents is 1. The number of hydrogen-bond donors (Lipinski definition) is 1. The summed E-state index contributed by atoms with van der Waals surface area (Å²) in [6.07, 6.45) is 3.01. The zero-order chi connectivity index (χ0) is 28.3. The minimum Gasteiger partial charge on any atom is -0.508 e. The van der Waals surface area contributed by atoms with Gasteiger partial charge in [0.15, 0.2) is 0 Å². The van der Waals surface area contributed by atoms with Crippen molar-refractivity contribution < 1.29 is 24.1 Å². The molecule has 216 valence electrons. The van der Waals surface area contributed by atoms with Crippen molar-refractivity contribution >= 4 is 5.69 Å². The monoisotopic (exact) mass is 548 g/mol. The van der Waals surface area contributed by atoms with Gasteiger partial charge in [0.1, 0.15) is 23.9 Å². The van der Waals surface area contributed by atoms with Gasteiger partial charge in [0, 0.05) is 59.2 Å². The lowest BCUT2D eigenvalue weighted by Gasteiger charge is -2.30. The standard InChI is InChI=1S/C33H44N2O5/c1-34(24-25-5-11-30(12-6-25)40-20-17-35(15-18-37-2)16-19-38-3)33-23-31(39-4)13-14-32(33)28-8-7-27-22-29(36)10-9-26(27)21-28/h5-6,9-14,22-23,28,36H,7-8,15-21,24H2,1-4H3. The lowest BCUT2D eigenvalue weighted by molar-refractivity contribution is 0.104. The molecule has 1 unspecified atom stereocenters. The van der Waals surface area contributed by atoms with Crippen molar-refractivity contribution in [1.82, 2.24) is 4.90 Å². The van der Waals surface area contributed by atoms with Gasteiger partial charge in [-0.25, -0.2) is 0 Å². The first-order valence-corrected chi connectivity index (χ1v) is 14.1. The normalized spacial score (nSPS) is 14.7. The number of aryl methyl sites for hydroxylation is 1. The number of ether oxygens (including phenoxy) is 4. The molecule has 3 aromatic carbocycles. The van der Waals surface area contributed by atoms with E-state index in [9.17, 15) is 5.11 Å². The second-order valence-corrected chi connectivity index (χ2v) is 10.5. The van der Waals surface area contributed by atoms with Crippen molar-refractivity contribution in [2.75, 3.05) is 72.7 Å². The van der Waals surface area contributed by atoms with Crippen LogP contribution in [-0.2, 0) is 28.9 Å². The molecule has 0 saturated carbocycles. The van der Waals surface area contributed by atoms with Gasteiger partial charge in [-0.15, -0.1) is 0 Å². The van der Waals surface area contributed by atoms with Crippen molar-refractivity contribution in [2.24, 2.45) is 0 Å². The Bertz CT molecular complexity index is 1190. The van der Waals surface area contributed by atoms with Crippen LogP contribution in [0.2, 0.25) is 0 Å². The van der Waals surface area contributed by atoms with Gasteiger partial charge in [0.05, 0.1) is 20.3 Å². The molecule has 7 heteroatoms. The lowest BCUT2D eigenvalue weighted by Crippen LogP contribution is -2.34. The third-order valence-electron chi connectivity index (χ3n) is 7.75. The minimum absolute atomic E-state index is 0.351. The number of methoxy groups -OCH3 is 3. The molecule has 0 bridgehead atoms. The molecule has 0 radical (unpaired) electrons. The van der Waals surface area contributed by atoms with E-state index in [4.69, 9.17) is 18.9 Å². The van der Waals surface area contributed by atoms with Crippen LogP contribution in [0.4, 0.5) is 5.69 Å². The number of hydrogen-bond acceptors (Lipinski definition) is 7. The van der Waals surface area contributed by atoms with Crippen molar-refractivity contribution in [2.45, 2.75) is 31.7 Å². The van der Waals surface area contributed by atoms with Gasteiger partial charge in [0.2, 0.25) is 0 Å². The summed E-state index contributed by atoms with van der Waals surface area (Å²) in [5.74, 6) is 2.51. The molecule has 4 rings (SSSR count). The Morgan fingerprint density at radius 3 is 2.20 bits per heavy atom. The number of phenols is 1. The van der Waals surface area contributed by atoms with Crippen LogP contribution in [0, 0.1) is 0 Å². The molecule has 7 nitrogen and oxygen atoms in total. The second-order valence-electron chi connectivity index (χ2n) is 10.5. The Balaban J connectivity index is 1.38. The molecule has 3 aromatic rings. The predicted octanol–water partition coefficient (Wildman–Crippen LogP) is 5.28. The molecule has 0 fully saturated rings. The molecule has 0 heterocycles. The third kappa shape index (κ3) is 8.13. The van der Waals surface area contributed by atoms with Crippen LogP contribution in [0.5, 0.6) is 17.2 Å². The van der Waals surface area contributed by atoms with E-state index in [2.05, 4.69) is 65.4 Å². The number of rotatable bonds is 15. The molecule has 0 aliphatic heterocycles. The fourth-order valence-corrected chi connectivity index (χ4v) is 5.45. The Morgan fingerprint density at radius 1 is 0.800 bits per heavy atom. The van der Waals surface area contributed by atoms with E-state index < -0.39 is 0 Å². The molecule has 0 spiro atoms. The summed E-state index contributed by atoms with van der Waals surface area (Å²) >= 11 is 0. The summed E-state index contributed by atoms with van der Waals surface area (Å²) < 4.78 is 22.1. The van der Waals surface area contributed by atoms with Crippen molar-refractivity contribution in [1.29, 1.82) is 0 Å². The topological polar surface area (TPSA) is 63.6 Å². The number of benzene rings is 3. The van der Waals surface area contributed by atoms with Crippen molar-refractivity contribution in [3.63, 3.8) is 0 Å². The third-order valence-corrected chi connectivity index (χ3v) is 7.75. The zero-order valence-corrected chi connectivity index (χ0v) is 24.4. The molecule has 0 amide bonds. The lowest BCUT2D eigenvalue weighted by atomic mass is 9.79. The summed E-state index contributed by atoms with van der Waals surface area (Å²) in [7, 11) is 7.31. The quantitative estimate of drug-likeness (QED) is 0.277. The highest BCUT2D eigenvalue weighted by molar-refractivity contribution is 5.59. The molecule has 40 heavy (non-hydrogen) atoms. The SMILES string of the molecule is COCCN(CCOC)CCOc1ccc(CN(C)c2cc(OC)ccc2C2CCc3cc(O)ccc3C2)cc1. The van der Waals surface area contributed by atoms with Crippen LogP contribution in [0.3, 0.4) is 0 Å². The average molecular weight is 549 g/mol. The van der Waals surface area contributed by atoms with E-state index in [-0.39, 0.29) is 0 Å². The molecule has 1 aliphatic rings. The van der Waals surface area contributed by atoms with Crippen molar-refractivity contribution in [3.05, 3.63) is 82.9 Å². The molecular formula is C33H44N2O5. The van der Waals surface area contributed by atoms with Gasteiger partial charge in [-0.3, -0.25) is 4.90 Å². The van der Waals surface area contributed by atoms with E-state index in [0.717, 1.165) is 56.9 Å². The first-order valence-electron chi connectivity index (χ1n) is 14.1. The van der Waals surface area contributed by atoms with Crippen LogP contribution in [0.25, 0.3) is 0 Å². The van der Waals surface area contributed by atoms with E-state index in [0.29, 0.717) is 31.5 Å². The maximum Gasteiger partial charge on any atom is 0.120 e. The van der Waals surface area contributed by atoms with Crippen molar-refractivity contribution in [3.8, 4) is 17.2 Å². The summed E-state index contributed by atoms with van der Waals surface area (Å²) in [6, 6.07) is 20.6. The number of anilines is 1. The highest BCUT2D eigenvalue weighted by Crippen LogP contribution is 2.39. The molecule has 0 aromatic heterocycles. The Kier molecular flexibility index (Phi) is 11.1. The van der Waals surface area contributed by atoms with E-state index in [1.807, 2.05) is 6.07 Å². The fourth-order valence-electron chi connectivity index (χ4n) is 5.45. The van der Waals surface area contributed by atoms with Gasteiger partial charge in [-0.2, -0.15) is 0 Å². The van der Waals surface area contributed by atoms with E-state index in [1.165, 1.54) is 27.9 Å². The molecule has 1 N–H and O–H groups in total. The van der Waals surface area contributed by atoms with E-state index in [1.54, 1.807) is 27.4 Å². The minimum atomic E-state index is 0.351. The van der Waals surface area contributed by atoms with Gasteiger partial charge in [0.25, 0.3) is 0 Å². The van der Waals surface area contributed by atoms with Gasteiger partial charge in [-0.1, -0.05) is 24.3 Å². The van der Waals surface area contributed by atoms with Crippen LogP contribution in [-0.4, -0.2) is 77.8 Å². The van der Waals surface area contributed by atoms with Crippen LogP contribution < -0.4 is 14.4 Å². The summed E-state index contributed by atoms with van der Waals surface area (Å²) in [4.78, 5) is 4.60. The summed E-state index contributed by atoms with van der Waals surface area (Å²) in [5, 5.41) is 9.89. The van der Waals surface area contributed by atoms with Gasteiger partial charge >= 0.3 is 0 Å². The molecule has 0 saturated heterocycles. The predicted molar refractivity (Wildman–Crippen MR) is 160 cm³/mol. The molecule has 1 aliphatic carbocycles. The van der Waals surface area contributed by atoms with Gasteiger partial charge < -0.3 is 29.0 Å². The maximum absolute atomic E-state index is 9.89. The van der Waals surface area contributed by atoms with Crippen LogP contribution >= 0.6 is 0 Å². The first kappa shape index (κ1) is 29.7. The average Bonchev–Trinajstić information content (AvgIpc) is 2.98. The summed E-state index contributed by atoms with van der Waals surface area (Å²) in [6.45, 7) is 5.32. The smallest absolute Gasteiger partial charge is 0.120 e. The Hall–Kier alpha value is -3.26. The Labute approximate surface area is 239 Å². The highest BCUT2D eigenvalue weighted by Gasteiger charge is 2.24. The largest absolute Gasteiger partial charge is 0.508 e. The highest BCUT2D eigenvalue weighted by atomic mass is 16.5. The summed E-state index contributed by atoms with van der Waals surface area (Å²) in [5.41, 5.74) is 6.34. The zero-order valence-electron chi connectivity index (χ0n) is 24.4.